The Balaban J connectivity index is 1.81. The van der Waals surface area contributed by atoms with Crippen molar-refractivity contribution in [1.29, 1.82) is 0 Å². The van der Waals surface area contributed by atoms with Crippen molar-refractivity contribution in [2.24, 2.45) is 0 Å². The molecular formula is C18H20BrClN2O2S. The Kier molecular flexibility index (Phi) is 5.44. The van der Waals surface area contributed by atoms with Crippen LogP contribution < -0.4 is 4.90 Å². The first kappa shape index (κ1) is 18.7. The number of hydrogen-bond donors (Lipinski definition) is 0. The highest BCUT2D eigenvalue weighted by atomic mass is 79.9. The minimum atomic E-state index is -3.49. The third kappa shape index (κ3) is 3.72. The molecule has 0 aromatic heterocycles. The molecule has 1 heterocycles. The van der Waals surface area contributed by atoms with Gasteiger partial charge < -0.3 is 4.90 Å². The summed E-state index contributed by atoms with van der Waals surface area (Å²) in [5.41, 5.74) is 2.63. The molecule has 0 amide bonds. The molecule has 0 bridgehead atoms. The van der Waals surface area contributed by atoms with E-state index < -0.39 is 10.0 Å². The van der Waals surface area contributed by atoms with Crippen LogP contribution in [0.4, 0.5) is 5.69 Å². The van der Waals surface area contributed by atoms with Crippen LogP contribution in [0, 0.1) is 13.8 Å². The zero-order chi connectivity index (χ0) is 18.2. The lowest BCUT2D eigenvalue weighted by Crippen LogP contribution is -2.48. The van der Waals surface area contributed by atoms with E-state index in [1.165, 1.54) is 0 Å². The number of piperazine rings is 1. The van der Waals surface area contributed by atoms with Gasteiger partial charge in [-0.15, -0.1) is 0 Å². The van der Waals surface area contributed by atoms with Crippen LogP contribution in [-0.2, 0) is 10.0 Å². The maximum atomic E-state index is 13.0. The highest BCUT2D eigenvalue weighted by molar-refractivity contribution is 9.10. The molecule has 0 saturated carbocycles. The summed E-state index contributed by atoms with van der Waals surface area (Å²) in [5, 5.41) is 0.693. The molecular weight excluding hydrogens is 424 g/mol. The van der Waals surface area contributed by atoms with Crippen molar-refractivity contribution >= 4 is 43.2 Å². The molecule has 0 unspecified atom stereocenters. The predicted octanol–water partition coefficient (Wildman–Crippen LogP) is 4.23. The summed E-state index contributed by atoms with van der Waals surface area (Å²) in [6, 6.07) is 11.3. The van der Waals surface area contributed by atoms with Crippen molar-refractivity contribution in [3.05, 3.63) is 57.0 Å². The van der Waals surface area contributed by atoms with Crippen molar-refractivity contribution in [2.45, 2.75) is 18.7 Å². The number of sulfonamides is 1. The lowest BCUT2D eigenvalue weighted by molar-refractivity contribution is 0.384. The van der Waals surface area contributed by atoms with Crippen LogP contribution in [0.25, 0.3) is 0 Å². The van der Waals surface area contributed by atoms with Gasteiger partial charge in [-0.05, 0) is 49.2 Å². The van der Waals surface area contributed by atoms with Gasteiger partial charge in [0, 0.05) is 30.7 Å². The molecule has 0 N–H and O–H groups in total. The smallest absolute Gasteiger partial charge is 0.243 e. The van der Waals surface area contributed by atoms with Gasteiger partial charge in [0.2, 0.25) is 10.0 Å². The molecule has 7 heteroatoms. The van der Waals surface area contributed by atoms with Crippen molar-refractivity contribution in [1.82, 2.24) is 4.31 Å². The van der Waals surface area contributed by atoms with Gasteiger partial charge in [-0.3, -0.25) is 0 Å². The van der Waals surface area contributed by atoms with Crippen LogP contribution in [0.1, 0.15) is 11.1 Å². The van der Waals surface area contributed by atoms with Gasteiger partial charge in [0.05, 0.1) is 15.6 Å². The van der Waals surface area contributed by atoms with Gasteiger partial charge >= 0.3 is 0 Å². The molecule has 4 nitrogen and oxygen atoms in total. The van der Waals surface area contributed by atoms with Crippen LogP contribution in [0.2, 0.25) is 5.02 Å². The topological polar surface area (TPSA) is 40.6 Å². The fraction of sp³-hybridized carbons (Fsp3) is 0.333. The molecule has 1 aliphatic heterocycles. The van der Waals surface area contributed by atoms with Crippen molar-refractivity contribution in [2.75, 3.05) is 31.1 Å². The maximum Gasteiger partial charge on any atom is 0.243 e. The number of nitrogens with zero attached hydrogens (tertiary/aromatic N) is 2. The Morgan fingerprint density at radius 2 is 1.64 bits per heavy atom. The Morgan fingerprint density at radius 1 is 1.00 bits per heavy atom. The van der Waals surface area contributed by atoms with Crippen LogP contribution >= 0.6 is 27.5 Å². The van der Waals surface area contributed by atoms with Crippen LogP contribution in [0.15, 0.2) is 45.8 Å². The number of anilines is 1. The third-order valence-corrected chi connectivity index (χ3v) is 7.72. The second-order valence-corrected chi connectivity index (χ2v) is 9.38. The van der Waals surface area contributed by atoms with Gasteiger partial charge in [0.25, 0.3) is 0 Å². The maximum absolute atomic E-state index is 13.0. The first-order valence-corrected chi connectivity index (χ1v) is 10.7. The normalized spacial score (nSPS) is 16.2. The second-order valence-electron chi connectivity index (χ2n) is 6.21. The molecule has 0 atom stereocenters. The number of hydrogen-bond acceptors (Lipinski definition) is 3. The van der Waals surface area contributed by atoms with Gasteiger partial charge in [-0.1, -0.05) is 39.7 Å². The molecule has 25 heavy (non-hydrogen) atoms. The summed E-state index contributed by atoms with van der Waals surface area (Å²) in [6.07, 6.45) is 0. The van der Waals surface area contributed by atoms with Gasteiger partial charge in [0.1, 0.15) is 0 Å². The Hall–Kier alpha value is -1.08. The Bertz CT molecular complexity index is 894. The Labute approximate surface area is 162 Å². The average Bonchev–Trinajstić information content (AvgIpc) is 2.58. The lowest BCUT2D eigenvalue weighted by Gasteiger charge is -2.36. The fourth-order valence-corrected chi connectivity index (χ4v) is 5.48. The molecule has 1 aliphatic rings. The zero-order valence-electron chi connectivity index (χ0n) is 14.2. The summed E-state index contributed by atoms with van der Waals surface area (Å²) in [5.74, 6) is 0. The first-order chi connectivity index (χ1) is 11.8. The second kappa shape index (κ2) is 7.27. The molecule has 134 valence electrons. The van der Waals surface area contributed by atoms with E-state index in [9.17, 15) is 8.42 Å². The van der Waals surface area contributed by atoms with Crippen molar-refractivity contribution in [3.63, 3.8) is 0 Å². The molecule has 2 aromatic rings. The molecule has 3 rings (SSSR count). The summed E-state index contributed by atoms with van der Waals surface area (Å²) in [6.45, 7) is 5.87. The lowest BCUT2D eigenvalue weighted by atomic mass is 10.2. The van der Waals surface area contributed by atoms with E-state index in [1.807, 2.05) is 44.2 Å². The van der Waals surface area contributed by atoms with E-state index in [1.54, 1.807) is 10.4 Å². The van der Waals surface area contributed by atoms with Crippen molar-refractivity contribution < 1.29 is 8.42 Å². The monoisotopic (exact) mass is 442 g/mol. The number of para-hydroxylation sites is 1. The first-order valence-electron chi connectivity index (χ1n) is 8.07. The van der Waals surface area contributed by atoms with Gasteiger partial charge in [0.15, 0.2) is 0 Å². The fourth-order valence-electron chi connectivity index (χ4n) is 3.05. The minimum absolute atomic E-state index is 0.388. The van der Waals surface area contributed by atoms with E-state index in [4.69, 9.17) is 11.6 Å². The quantitative estimate of drug-likeness (QED) is 0.713. The zero-order valence-corrected chi connectivity index (χ0v) is 17.3. The highest BCUT2D eigenvalue weighted by Gasteiger charge is 2.30. The number of benzene rings is 2. The molecule has 0 radical (unpaired) electrons. The Morgan fingerprint density at radius 3 is 2.28 bits per heavy atom. The van der Waals surface area contributed by atoms with Crippen LogP contribution in [0.3, 0.4) is 0 Å². The van der Waals surface area contributed by atoms with E-state index in [-0.39, 0.29) is 0 Å². The SMILES string of the molecule is Cc1cc(S(=O)(=O)N2CCN(c3ccccc3Cl)CC2)c(C)cc1Br. The third-order valence-electron chi connectivity index (χ3n) is 4.51. The number of aryl methyl sites for hydroxylation is 2. The summed E-state index contributed by atoms with van der Waals surface area (Å²) < 4.78 is 28.6. The summed E-state index contributed by atoms with van der Waals surface area (Å²) in [4.78, 5) is 2.52. The summed E-state index contributed by atoms with van der Waals surface area (Å²) in [7, 11) is -3.49. The average molecular weight is 444 g/mol. The van der Waals surface area contributed by atoms with Gasteiger partial charge in [-0.2, -0.15) is 4.31 Å². The molecule has 0 spiro atoms. The summed E-state index contributed by atoms with van der Waals surface area (Å²) >= 11 is 9.71. The van der Waals surface area contributed by atoms with Crippen LogP contribution in [-0.4, -0.2) is 38.9 Å². The standard InChI is InChI=1S/C18H20BrClN2O2S/c1-13-12-18(14(2)11-15(13)19)25(23,24)22-9-7-21(8-10-22)17-6-4-3-5-16(17)20/h3-6,11-12H,7-10H2,1-2H3. The molecule has 1 fully saturated rings. The largest absolute Gasteiger partial charge is 0.368 e. The minimum Gasteiger partial charge on any atom is -0.368 e. The molecule has 1 saturated heterocycles. The van der Waals surface area contributed by atoms with Crippen LogP contribution in [0.5, 0.6) is 0 Å². The van der Waals surface area contributed by atoms with E-state index in [0.29, 0.717) is 36.1 Å². The van der Waals surface area contributed by atoms with E-state index in [0.717, 1.165) is 21.3 Å². The van der Waals surface area contributed by atoms with Crippen molar-refractivity contribution in [3.8, 4) is 0 Å². The molecule has 0 aliphatic carbocycles. The number of halogens is 2. The van der Waals surface area contributed by atoms with E-state index in [2.05, 4.69) is 20.8 Å². The predicted molar refractivity (Wildman–Crippen MR) is 106 cm³/mol. The highest BCUT2D eigenvalue weighted by Crippen LogP contribution is 2.29. The number of rotatable bonds is 3. The molecule has 2 aromatic carbocycles. The van der Waals surface area contributed by atoms with E-state index >= 15 is 0 Å². The van der Waals surface area contributed by atoms with Gasteiger partial charge in [-0.25, -0.2) is 8.42 Å².